The van der Waals surface area contributed by atoms with Gasteiger partial charge in [0, 0.05) is 11.6 Å². The lowest BCUT2D eigenvalue weighted by Crippen LogP contribution is -2.14. The molecule has 4 rings (SSSR count). The number of nitrogens with one attached hydrogen (secondary N) is 1. The summed E-state index contributed by atoms with van der Waals surface area (Å²) in [4.78, 5) is 12.5. The normalized spacial score (nSPS) is 18.6. The Hall–Kier alpha value is -3.15. The number of rotatable bonds is 5. The highest BCUT2D eigenvalue weighted by Crippen LogP contribution is 2.48. The minimum Gasteiger partial charge on any atom is -0.497 e. The third-order valence-corrected chi connectivity index (χ3v) is 4.50. The summed E-state index contributed by atoms with van der Waals surface area (Å²) in [6.45, 7) is 0. The average Bonchev–Trinajstić information content (AvgIpc) is 3.27. The van der Waals surface area contributed by atoms with Crippen molar-refractivity contribution < 1.29 is 9.53 Å². The summed E-state index contributed by atoms with van der Waals surface area (Å²) >= 11 is 0. The van der Waals surface area contributed by atoms with Gasteiger partial charge in [-0.25, -0.2) is 0 Å². The number of benzene rings is 2. The van der Waals surface area contributed by atoms with Crippen molar-refractivity contribution in [2.75, 3.05) is 12.4 Å². The van der Waals surface area contributed by atoms with E-state index in [1.807, 2.05) is 48.5 Å². The molecule has 1 aliphatic rings. The molecule has 6 nitrogen and oxygen atoms in total. The van der Waals surface area contributed by atoms with Gasteiger partial charge in [0.1, 0.15) is 18.4 Å². The van der Waals surface area contributed by atoms with E-state index in [1.54, 1.807) is 24.3 Å². The van der Waals surface area contributed by atoms with Crippen LogP contribution >= 0.6 is 0 Å². The van der Waals surface area contributed by atoms with Crippen LogP contribution in [0.25, 0.3) is 5.69 Å². The van der Waals surface area contributed by atoms with E-state index in [-0.39, 0.29) is 17.7 Å². The second-order valence-corrected chi connectivity index (χ2v) is 6.13. The summed E-state index contributed by atoms with van der Waals surface area (Å²) in [5.74, 6) is 1.19. The van der Waals surface area contributed by atoms with Crippen molar-refractivity contribution in [3.63, 3.8) is 0 Å². The average molecular weight is 334 g/mol. The third kappa shape index (κ3) is 3.24. The molecule has 1 heterocycles. The van der Waals surface area contributed by atoms with Crippen molar-refractivity contribution in [3.05, 3.63) is 66.7 Å². The number of methoxy groups -OCH3 is 1. The fourth-order valence-corrected chi connectivity index (χ4v) is 3.02. The van der Waals surface area contributed by atoms with Crippen molar-refractivity contribution >= 4 is 11.6 Å². The lowest BCUT2D eigenvalue weighted by molar-refractivity contribution is -0.117. The van der Waals surface area contributed by atoms with Gasteiger partial charge in [0.15, 0.2) is 0 Å². The Kier molecular flexibility index (Phi) is 3.93. The fraction of sp³-hybridized carbons (Fsp3) is 0.211. The van der Waals surface area contributed by atoms with Gasteiger partial charge in [-0.1, -0.05) is 18.2 Å². The fourth-order valence-electron chi connectivity index (χ4n) is 3.02. The molecule has 1 N–H and O–H groups in total. The Morgan fingerprint density at radius 2 is 1.92 bits per heavy atom. The Labute approximate surface area is 145 Å². The zero-order valence-corrected chi connectivity index (χ0v) is 13.8. The Bertz CT molecular complexity index is 875. The number of ether oxygens (including phenoxy) is 1. The van der Waals surface area contributed by atoms with E-state index >= 15 is 0 Å². The molecule has 6 heteroatoms. The maximum absolute atomic E-state index is 12.5. The minimum absolute atomic E-state index is 0.0203. The van der Waals surface area contributed by atoms with Crippen LogP contribution < -0.4 is 10.1 Å². The summed E-state index contributed by atoms with van der Waals surface area (Å²) < 4.78 is 6.97. The molecule has 25 heavy (non-hydrogen) atoms. The summed E-state index contributed by atoms with van der Waals surface area (Å²) in [6.07, 6.45) is 4.13. The number of aromatic nitrogens is 3. The third-order valence-electron chi connectivity index (χ3n) is 4.50. The van der Waals surface area contributed by atoms with Gasteiger partial charge in [-0.3, -0.25) is 9.36 Å². The second-order valence-electron chi connectivity index (χ2n) is 6.13. The van der Waals surface area contributed by atoms with Gasteiger partial charge < -0.3 is 10.1 Å². The molecular weight excluding hydrogens is 316 g/mol. The van der Waals surface area contributed by atoms with Gasteiger partial charge in [0.25, 0.3) is 0 Å². The van der Waals surface area contributed by atoms with Crippen molar-refractivity contribution in [3.8, 4) is 11.4 Å². The molecule has 2 unspecified atom stereocenters. The van der Waals surface area contributed by atoms with Crippen molar-refractivity contribution in [1.82, 2.24) is 14.8 Å². The van der Waals surface area contributed by atoms with Gasteiger partial charge >= 0.3 is 0 Å². The second kappa shape index (κ2) is 6.39. The highest BCUT2D eigenvalue weighted by molar-refractivity contribution is 5.95. The summed E-state index contributed by atoms with van der Waals surface area (Å²) in [6, 6.07) is 15.6. The lowest BCUT2D eigenvalue weighted by Gasteiger charge is -2.08. The molecular formula is C19H18N4O2. The summed E-state index contributed by atoms with van der Waals surface area (Å²) in [7, 11) is 1.65. The van der Waals surface area contributed by atoms with E-state index in [1.165, 1.54) is 5.56 Å². The predicted molar refractivity (Wildman–Crippen MR) is 93.8 cm³/mol. The number of anilines is 1. The van der Waals surface area contributed by atoms with Crippen LogP contribution in [0.4, 0.5) is 5.69 Å². The maximum atomic E-state index is 12.5. The lowest BCUT2D eigenvalue weighted by atomic mass is 10.1. The molecule has 0 aliphatic heterocycles. The quantitative estimate of drug-likeness (QED) is 0.779. The van der Waals surface area contributed by atoms with E-state index in [0.717, 1.165) is 23.5 Å². The topological polar surface area (TPSA) is 69.0 Å². The summed E-state index contributed by atoms with van der Waals surface area (Å²) in [5.41, 5.74) is 2.86. The molecule has 126 valence electrons. The molecule has 1 amide bonds. The highest BCUT2D eigenvalue weighted by Gasteiger charge is 2.43. The number of amides is 1. The molecule has 1 fully saturated rings. The number of hydrogen-bond donors (Lipinski definition) is 1. The molecule has 0 radical (unpaired) electrons. The van der Waals surface area contributed by atoms with Gasteiger partial charge in [0.05, 0.1) is 12.8 Å². The Morgan fingerprint density at radius 3 is 2.64 bits per heavy atom. The molecule has 0 bridgehead atoms. The van der Waals surface area contributed by atoms with E-state index in [9.17, 15) is 4.79 Å². The van der Waals surface area contributed by atoms with Crippen LogP contribution in [0.5, 0.6) is 5.75 Å². The van der Waals surface area contributed by atoms with Crippen LogP contribution in [-0.4, -0.2) is 27.8 Å². The smallest absolute Gasteiger partial charge is 0.228 e. The SMILES string of the molecule is COc1ccc(C2CC2C(=O)Nc2cccc(-n3cnnc3)c2)cc1. The van der Waals surface area contributed by atoms with Crippen LogP contribution in [0.2, 0.25) is 0 Å². The molecule has 3 aromatic rings. The van der Waals surface area contributed by atoms with Gasteiger partial charge in [-0.15, -0.1) is 10.2 Å². The van der Waals surface area contributed by atoms with Gasteiger partial charge in [-0.05, 0) is 48.2 Å². The van der Waals surface area contributed by atoms with E-state index in [2.05, 4.69) is 15.5 Å². The molecule has 1 aromatic heterocycles. The first kappa shape index (κ1) is 15.4. The van der Waals surface area contributed by atoms with Gasteiger partial charge in [-0.2, -0.15) is 0 Å². The monoisotopic (exact) mass is 334 g/mol. The zero-order chi connectivity index (χ0) is 17.2. The highest BCUT2D eigenvalue weighted by atomic mass is 16.5. The molecule has 2 aromatic carbocycles. The van der Waals surface area contributed by atoms with Crippen LogP contribution in [0.1, 0.15) is 17.9 Å². The molecule has 1 saturated carbocycles. The maximum Gasteiger partial charge on any atom is 0.228 e. The predicted octanol–water partition coefficient (Wildman–Crippen LogP) is 3.02. The van der Waals surface area contributed by atoms with E-state index < -0.39 is 0 Å². The first-order valence-corrected chi connectivity index (χ1v) is 8.14. The summed E-state index contributed by atoms with van der Waals surface area (Å²) in [5, 5.41) is 10.6. The van der Waals surface area contributed by atoms with Crippen molar-refractivity contribution in [1.29, 1.82) is 0 Å². The first-order valence-electron chi connectivity index (χ1n) is 8.14. The van der Waals surface area contributed by atoms with Crippen molar-refractivity contribution in [2.45, 2.75) is 12.3 Å². The largest absolute Gasteiger partial charge is 0.497 e. The molecule has 0 spiro atoms. The van der Waals surface area contributed by atoms with Crippen molar-refractivity contribution in [2.24, 2.45) is 5.92 Å². The first-order chi connectivity index (χ1) is 12.2. The number of nitrogens with zero attached hydrogens (tertiary/aromatic N) is 3. The van der Waals surface area contributed by atoms with Gasteiger partial charge in [0.2, 0.25) is 5.91 Å². The number of hydrogen-bond acceptors (Lipinski definition) is 4. The molecule has 0 saturated heterocycles. The van der Waals surface area contributed by atoms with Crippen LogP contribution in [-0.2, 0) is 4.79 Å². The number of carbonyl (C=O) groups excluding carboxylic acids is 1. The van der Waals surface area contributed by atoms with Crippen LogP contribution in [0.3, 0.4) is 0 Å². The number of carbonyl (C=O) groups is 1. The van der Waals surface area contributed by atoms with E-state index in [0.29, 0.717) is 0 Å². The van der Waals surface area contributed by atoms with Crippen LogP contribution in [0.15, 0.2) is 61.2 Å². The Morgan fingerprint density at radius 1 is 1.16 bits per heavy atom. The standard InChI is InChI=1S/C19H18N4O2/c1-25-16-7-5-13(6-8-16)17-10-18(17)19(24)22-14-3-2-4-15(9-14)23-11-20-21-12-23/h2-9,11-12,17-18H,10H2,1H3,(H,22,24). The Balaban J connectivity index is 1.42. The minimum atomic E-state index is 0.0203. The molecule has 1 aliphatic carbocycles. The van der Waals surface area contributed by atoms with E-state index in [4.69, 9.17) is 4.74 Å². The zero-order valence-electron chi connectivity index (χ0n) is 13.8. The molecule has 2 atom stereocenters. The van der Waals surface area contributed by atoms with Crippen LogP contribution in [0, 0.1) is 5.92 Å².